The van der Waals surface area contributed by atoms with Crippen LogP contribution in [0.25, 0.3) is 0 Å². The van der Waals surface area contributed by atoms with Gasteiger partial charge in [0.1, 0.15) is 0 Å². The van der Waals surface area contributed by atoms with Gasteiger partial charge in [0.05, 0.1) is 10.7 Å². The highest BCUT2D eigenvalue weighted by atomic mass is 35.5. The summed E-state index contributed by atoms with van der Waals surface area (Å²) in [5.41, 5.74) is 8.65. The van der Waals surface area contributed by atoms with Crippen LogP contribution < -0.4 is 10.6 Å². The summed E-state index contributed by atoms with van der Waals surface area (Å²) in [6.45, 7) is 3.89. The lowest BCUT2D eigenvalue weighted by atomic mass is 10.2. The number of halogens is 2. The number of hydrogen-bond donors (Lipinski definition) is 1. The Balaban J connectivity index is 2.24. The van der Waals surface area contributed by atoms with Crippen molar-refractivity contribution in [2.75, 3.05) is 17.2 Å². The molecule has 0 spiro atoms. The normalized spacial score (nSPS) is 10.6. The predicted octanol–water partition coefficient (Wildman–Crippen LogP) is 4.99. The van der Waals surface area contributed by atoms with E-state index in [1.165, 1.54) is 5.56 Å². The van der Waals surface area contributed by atoms with E-state index in [0.717, 1.165) is 30.2 Å². The minimum Gasteiger partial charge on any atom is -0.399 e. The summed E-state index contributed by atoms with van der Waals surface area (Å²) >= 11 is 12.2. The van der Waals surface area contributed by atoms with Crippen LogP contribution in [0.2, 0.25) is 10.0 Å². The highest BCUT2D eigenvalue weighted by molar-refractivity contribution is 6.33. The molecule has 20 heavy (non-hydrogen) atoms. The number of anilines is 2. The first-order valence-electron chi connectivity index (χ1n) is 6.64. The number of nitrogen functional groups attached to an aromatic ring is 1. The second-order valence-electron chi connectivity index (χ2n) is 4.76. The molecule has 2 aromatic rings. The highest BCUT2D eigenvalue weighted by Crippen LogP contribution is 2.29. The first-order valence-corrected chi connectivity index (χ1v) is 7.40. The Bertz CT molecular complexity index is 567. The Morgan fingerprint density at radius 2 is 1.75 bits per heavy atom. The van der Waals surface area contributed by atoms with Crippen LogP contribution in [0.1, 0.15) is 18.9 Å². The van der Waals surface area contributed by atoms with E-state index in [2.05, 4.69) is 11.8 Å². The van der Waals surface area contributed by atoms with Gasteiger partial charge in [-0.1, -0.05) is 42.3 Å². The molecule has 0 heterocycles. The van der Waals surface area contributed by atoms with Gasteiger partial charge in [0.2, 0.25) is 0 Å². The molecule has 2 N–H and O–H groups in total. The van der Waals surface area contributed by atoms with E-state index in [-0.39, 0.29) is 0 Å². The fraction of sp³-hybridized carbons (Fsp3) is 0.250. The minimum absolute atomic E-state index is 0.682. The Labute approximate surface area is 130 Å². The fourth-order valence-corrected chi connectivity index (χ4v) is 2.58. The third-order valence-electron chi connectivity index (χ3n) is 3.09. The summed E-state index contributed by atoms with van der Waals surface area (Å²) in [5, 5.41) is 1.44. The summed E-state index contributed by atoms with van der Waals surface area (Å²) in [6, 6.07) is 13.5. The van der Waals surface area contributed by atoms with Gasteiger partial charge >= 0.3 is 0 Å². The number of nitrogens with zero attached hydrogens (tertiary/aromatic N) is 1. The maximum atomic E-state index is 6.31. The van der Waals surface area contributed by atoms with Crippen LogP contribution >= 0.6 is 23.2 Å². The van der Waals surface area contributed by atoms with Gasteiger partial charge in [-0.05, 0) is 42.3 Å². The molecule has 0 aliphatic heterocycles. The molecule has 2 nitrogen and oxygen atoms in total. The average molecular weight is 309 g/mol. The zero-order chi connectivity index (χ0) is 14.5. The van der Waals surface area contributed by atoms with Crippen LogP contribution in [-0.2, 0) is 6.54 Å². The third-order valence-corrected chi connectivity index (χ3v) is 3.65. The monoisotopic (exact) mass is 308 g/mol. The molecule has 0 amide bonds. The fourth-order valence-electron chi connectivity index (χ4n) is 2.14. The maximum absolute atomic E-state index is 6.31. The number of benzene rings is 2. The minimum atomic E-state index is 0.682. The van der Waals surface area contributed by atoms with Crippen molar-refractivity contribution in [3.05, 3.63) is 58.1 Å². The van der Waals surface area contributed by atoms with Gasteiger partial charge in [0.15, 0.2) is 0 Å². The van der Waals surface area contributed by atoms with Gasteiger partial charge in [0, 0.05) is 23.8 Å². The van der Waals surface area contributed by atoms with Crippen LogP contribution in [-0.4, -0.2) is 6.54 Å². The molecule has 0 saturated carbocycles. The van der Waals surface area contributed by atoms with E-state index >= 15 is 0 Å². The molecule has 0 aliphatic rings. The molecule has 0 radical (unpaired) electrons. The molecule has 2 aromatic carbocycles. The second kappa shape index (κ2) is 6.87. The number of rotatable bonds is 5. The molecule has 0 saturated heterocycles. The van der Waals surface area contributed by atoms with Crippen molar-refractivity contribution in [3.8, 4) is 0 Å². The smallest absolute Gasteiger partial charge is 0.0660 e. The molecule has 2 rings (SSSR count). The van der Waals surface area contributed by atoms with Crippen molar-refractivity contribution >= 4 is 34.6 Å². The van der Waals surface area contributed by atoms with E-state index in [1.807, 2.05) is 36.4 Å². The molecule has 0 aliphatic carbocycles. The lowest BCUT2D eigenvalue weighted by molar-refractivity contribution is 0.767. The molecule has 106 valence electrons. The molecule has 0 unspecified atom stereocenters. The van der Waals surface area contributed by atoms with Crippen LogP contribution in [0, 0.1) is 0 Å². The summed E-state index contributed by atoms with van der Waals surface area (Å²) in [7, 11) is 0. The van der Waals surface area contributed by atoms with Crippen LogP contribution in [0.3, 0.4) is 0 Å². The quantitative estimate of drug-likeness (QED) is 0.788. The van der Waals surface area contributed by atoms with Gasteiger partial charge in [-0.2, -0.15) is 0 Å². The summed E-state index contributed by atoms with van der Waals surface area (Å²) < 4.78 is 0. The Kier molecular flexibility index (Phi) is 5.16. The first-order chi connectivity index (χ1) is 9.60. The third kappa shape index (κ3) is 3.81. The van der Waals surface area contributed by atoms with E-state index in [9.17, 15) is 0 Å². The van der Waals surface area contributed by atoms with Gasteiger partial charge in [-0.3, -0.25) is 0 Å². The maximum Gasteiger partial charge on any atom is 0.0660 e. The predicted molar refractivity (Wildman–Crippen MR) is 88.7 cm³/mol. The second-order valence-corrected chi connectivity index (χ2v) is 5.60. The zero-order valence-electron chi connectivity index (χ0n) is 11.4. The summed E-state index contributed by atoms with van der Waals surface area (Å²) in [6.07, 6.45) is 1.05. The Morgan fingerprint density at radius 3 is 2.35 bits per heavy atom. The first kappa shape index (κ1) is 15.0. The van der Waals surface area contributed by atoms with E-state index < -0.39 is 0 Å². The van der Waals surface area contributed by atoms with E-state index in [1.54, 1.807) is 6.07 Å². The average Bonchev–Trinajstić information content (AvgIpc) is 2.41. The zero-order valence-corrected chi connectivity index (χ0v) is 13.0. The van der Waals surface area contributed by atoms with Gasteiger partial charge in [-0.25, -0.2) is 0 Å². The van der Waals surface area contributed by atoms with Crippen LogP contribution in [0.5, 0.6) is 0 Å². The topological polar surface area (TPSA) is 29.3 Å². The van der Waals surface area contributed by atoms with E-state index in [0.29, 0.717) is 10.7 Å². The SMILES string of the molecule is CCCN(Cc1ccc(Cl)cc1)c1ccc(N)cc1Cl. The molecule has 0 fully saturated rings. The van der Waals surface area contributed by atoms with Crippen molar-refractivity contribution in [2.45, 2.75) is 19.9 Å². The lowest BCUT2D eigenvalue weighted by Crippen LogP contribution is -2.23. The molecular weight excluding hydrogens is 291 g/mol. The molecule has 0 bridgehead atoms. The van der Waals surface area contributed by atoms with Crippen LogP contribution in [0.15, 0.2) is 42.5 Å². The summed E-state index contributed by atoms with van der Waals surface area (Å²) in [4.78, 5) is 2.25. The summed E-state index contributed by atoms with van der Waals surface area (Å²) in [5.74, 6) is 0. The highest BCUT2D eigenvalue weighted by Gasteiger charge is 2.10. The van der Waals surface area contributed by atoms with Crippen molar-refractivity contribution in [1.82, 2.24) is 0 Å². The van der Waals surface area contributed by atoms with Gasteiger partial charge < -0.3 is 10.6 Å². The van der Waals surface area contributed by atoms with Gasteiger partial charge in [-0.15, -0.1) is 0 Å². The molecule has 0 atom stereocenters. The van der Waals surface area contributed by atoms with Crippen molar-refractivity contribution in [1.29, 1.82) is 0 Å². The van der Waals surface area contributed by atoms with Crippen molar-refractivity contribution in [2.24, 2.45) is 0 Å². The van der Waals surface area contributed by atoms with Gasteiger partial charge in [0.25, 0.3) is 0 Å². The Hall–Kier alpha value is -1.38. The number of hydrogen-bond acceptors (Lipinski definition) is 2. The van der Waals surface area contributed by atoms with Crippen molar-refractivity contribution < 1.29 is 0 Å². The molecular formula is C16H18Cl2N2. The number of nitrogens with two attached hydrogens (primary N) is 1. The van der Waals surface area contributed by atoms with E-state index in [4.69, 9.17) is 28.9 Å². The van der Waals surface area contributed by atoms with Crippen molar-refractivity contribution in [3.63, 3.8) is 0 Å². The molecule has 4 heteroatoms. The van der Waals surface area contributed by atoms with Crippen LogP contribution in [0.4, 0.5) is 11.4 Å². The largest absolute Gasteiger partial charge is 0.399 e. The standard InChI is InChI=1S/C16H18Cl2N2/c1-2-9-20(11-12-3-5-13(17)6-4-12)16-8-7-14(19)10-15(16)18/h3-8,10H,2,9,11,19H2,1H3. The Morgan fingerprint density at radius 1 is 1.05 bits per heavy atom. The lowest BCUT2D eigenvalue weighted by Gasteiger charge is -2.25. The molecule has 0 aromatic heterocycles.